The number of ether oxygens (including phenoxy) is 1. The van der Waals surface area contributed by atoms with Crippen molar-refractivity contribution in [1.82, 2.24) is 5.32 Å². The highest BCUT2D eigenvalue weighted by Crippen LogP contribution is 2.33. The molecule has 1 N–H and O–H groups in total. The Hall–Kier alpha value is 0.0700. The van der Waals surface area contributed by atoms with E-state index in [2.05, 4.69) is 26.1 Å². The van der Waals surface area contributed by atoms with Gasteiger partial charge in [-0.3, -0.25) is 4.21 Å². The van der Waals surface area contributed by atoms with Crippen LogP contribution in [0.25, 0.3) is 0 Å². The monoisotopic (exact) mass is 301 g/mol. The largest absolute Gasteiger partial charge is 0.377 e. The summed E-state index contributed by atoms with van der Waals surface area (Å²) in [5, 5.41) is 3.89. The zero-order valence-corrected chi connectivity index (χ0v) is 14.1. The van der Waals surface area contributed by atoms with E-state index < -0.39 is 10.8 Å². The van der Waals surface area contributed by atoms with Crippen molar-refractivity contribution in [3.63, 3.8) is 0 Å². The highest BCUT2D eigenvalue weighted by atomic mass is 32.2. The van der Waals surface area contributed by atoms with Crippen LogP contribution in [-0.4, -0.2) is 40.5 Å². The molecule has 2 fully saturated rings. The summed E-state index contributed by atoms with van der Waals surface area (Å²) >= 11 is 0. The molecule has 118 valence electrons. The molecule has 1 saturated carbocycles. The van der Waals surface area contributed by atoms with Crippen LogP contribution in [0, 0.1) is 11.8 Å². The Morgan fingerprint density at radius 1 is 1.30 bits per heavy atom. The van der Waals surface area contributed by atoms with Gasteiger partial charge < -0.3 is 10.1 Å². The second kappa shape index (κ2) is 7.90. The maximum atomic E-state index is 12.8. The minimum Gasteiger partial charge on any atom is -0.377 e. The van der Waals surface area contributed by atoms with Crippen LogP contribution in [0.15, 0.2) is 0 Å². The Morgan fingerprint density at radius 3 is 2.70 bits per heavy atom. The molecule has 5 unspecified atom stereocenters. The molecular weight excluding hydrogens is 270 g/mol. The highest BCUT2D eigenvalue weighted by molar-refractivity contribution is 7.85. The van der Waals surface area contributed by atoms with Crippen LogP contribution in [0.4, 0.5) is 0 Å². The van der Waals surface area contributed by atoms with Gasteiger partial charge >= 0.3 is 0 Å². The van der Waals surface area contributed by atoms with Gasteiger partial charge in [-0.2, -0.15) is 0 Å². The van der Waals surface area contributed by atoms with Crippen LogP contribution in [0.1, 0.15) is 52.9 Å². The van der Waals surface area contributed by atoms with Gasteiger partial charge in [-0.1, -0.05) is 20.8 Å². The van der Waals surface area contributed by atoms with E-state index in [-0.39, 0.29) is 6.10 Å². The summed E-state index contributed by atoms with van der Waals surface area (Å²) in [6.45, 7) is 8.59. The quantitative estimate of drug-likeness (QED) is 0.820. The molecule has 0 spiro atoms. The van der Waals surface area contributed by atoms with E-state index in [1.54, 1.807) is 0 Å². The molecule has 4 heteroatoms. The number of nitrogens with one attached hydrogen (secondary N) is 1. The second-order valence-corrected chi connectivity index (χ2v) is 8.40. The van der Waals surface area contributed by atoms with Gasteiger partial charge in [0.05, 0.1) is 17.1 Å². The summed E-state index contributed by atoms with van der Waals surface area (Å²) in [5.74, 6) is 2.19. The molecule has 5 atom stereocenters. The Bertz CT molecular complexity index is 316. The van der Waals surface area contributed by atoms with Crippen molar-refractivity contribution in [2.45, 2.75) is 70.3 Å². The molecule has 0 aromatic heterocycles. The first kappa shape index (κ1) is 16.4. The highest BCUT2D eigenvalue weighted by Gasteiger charge is 2.36. The molecule has 0 bridgehead atoms. The van der Waals surface area contributed by atoms with Gasteiger partial charge in [0.25, 0.3) is 0 Å². The number of hydrogen-bond acceptors (Lipinski definition) is 3. The SMILES string of the molecule is CCNC1CCC(C(C)C)CC1S(=O)CC1CCCO1. The average molecular weight is 301 g/mol. The van der Waals surface area contributed by atoms with Crippen molar-refractivity contribution >= 4 is 10.8 Å². The summed E-state index contributed by atoms with van der Waals surface area (Å²) in [6.07, 6.45) is 6.06. The van der Waals surface area contributed by atoms with Gasteiger partial charge in [-0.05, 0) is 50.5 Å². The van der Waals surface area contributed by atoms with E-state index in [1.165, 1.54) is 12.8 Å². The van der Waals surface area contributed by atoms with Crippen molar-refractivity contribution in [3.05, 3.63) is 0 Å². The fourth-order valence-corrected chi connectivity index (χ4v) is 5.57. The first-order valence-corrected chi connectivity index (χ1v) is 9.72. The Balaban J connectivity index is 1.95. The van der Waals surface area contributed by atoms with Crippen LogP contribution >= 0.6 is 0 Å². The third-order valence-electron chi connectivity index (χ3n) is 4.95. The van der Waals surface area contributed by atoms with Crippen LogP contribution in [0.3, 0.4) is 0 Å². The third kappa shape index (κ3) is 4.28. The van der Waals surface area contributed by atoms with Crippen molar-refractivity contribution in [2.24, 2.45) is 11.8 Å². The predicted molar refractivity (Wildman–Crippen MR) is 85.4 cm³/mol. The molecule has 0 radical (unpaired) electrons. The number of rotatable bonds is 6. The topological polar surface area (TPSA) is 38.3 Å². The maximum Gasteiger partial charge on any atom is 0.0691 e. The fourth-order valence-electron chi connectivity index (χ4n) is 3.63. The Kier molecular flexibility index (Phi) is 6.50. The molecule has 3 nitrogen and oxygen atoms in total. The Morgan fingerprint density at radius 2 is 2.10 bits per heavy atom. The summed E-state index contributed by atoms with van der Waals surface area (Å²) in [7, 11) is -0.753. The van der Waals surface area contributed by atoms with Gasteiger partial charge in [0.1, 0.15) is 0 Å². The molecule has 1 aliphatic heterocycles. The minimum absolute atomic E-state index is 0.248. The zero-order chi connectivity index (χ0) is 14.5. The van der Waals surface area contributed by atoms with E-state index in [0.29, 0.717) is 17.2 Å². The fraction of sp³-hybridized carbons (Fsp3) is 1.00. The Labute approximate surface area is 126 Å². The summed E-state index contributed by atoms with van der Waals surface area (Å²) < 4.78 is 18.5. The maximum absolute atomic E-state index is 12.8. The lowest BCUT2D eigenvalue weighted by atomic mass is 9.79. The van der Waals surface area contributed by atoms with E-state index in [9.17, 15) is 4.21 Å². The normalized spacial score (nSPS) is 36.4. The van der Waals surface area contributed by atoms with Crippen molar-refractivity contribution < 1.29 is 8.95 Å². The van der Waals surface area contributed by atoms with Gasteiger partial charge in [-0.15, -0.1) is 0 Å². The molecule has 20 heavy (non-hydrogen) atoms. The van der Waals surface area contributed by atoms with Crippen molar-refractivity contribution in [1.29, 1.82) is 0 Å². The third-order valence-corrected chi connectivity index (χ3v) is 6.85. The molecule has 0 aromatic carbocycles. The molecule has 1 aliphatic carbocycles. The lowest BCUT2D eigenvalue weighted by Crippen LogP contribution is -2.48. The van der Waals surface area contributed by atoms with E-state index in [4.69, 9.17) is 4.74 Å². The smallest absolute Gasteiger partial charge is 0.0691 e. The van der Waals surface area contributed by atoms with Gasteiger partial charge in [0, 0.05) is 23.4 Å². The standard InChI is InChI=1S/C16H31NO2S/c1-4-17-15-8-7-13(12(2)3)10-16(15)20(18)11-14-6-5-9-19-14/h12-17H,4-11H2,1-3H3. The summed E-state index contributed by atoms with van der Waals surface area (Å²) in [4.78, 5) is 0. The van der Waals surface area contributed by atoms with Crippen LogP contribution in [0.2, 0.25) is 0 Å². The molecule has 2 rings (SSSR count). The lowest BCUT2D eigenvalue weighted by molar-refractivity contribution is 0.127. The van der Waals surface area contributed by atoms with E-state index in [1.807, 2.05) is 0 Å². The molecule has 1 saturated heterocycles. The molecule has 1 heterocycles. The summed E-state index contributed by atoms with van der Waals surface area (Å²) in [5.41, 5.74) is 0. The van der Waals surface area contributed by atoms with Crippen molar-refractivity contribution in [2.75, 3.05) is 18.9 Å². The molecular formula is C16H31NO2S. The van der Waals surface area contributed by atoms with Crippen LogP contribution in [-0.2, 0) is 15.5 Å². The van der Waals surface area contributed by atoms with Crippen LogP contribution < -0.4 is 5.32 Å². The number of hydrogen-bond donors (Lipinski definition) is 1. The lowest BCUT2D eigenvalue weighted by Gasteiger charge is -2.38. The van der Waals surface area contributed by atoms with E-state index in [0.717, 1.165) is 44.1 Å². The first-order chi connectivity index (χ1) is 9.61. The minimum atomic E-state index is -0.753. The zero-order valence-electron chi connectivity index (χ0n) is 13.3. The molecule has 0 aromatic rings. The van der Waals surface area contributed by atoms with Gasteiger partial charge in [0.15, 0.2) is 0 Å². The first-order valence-electron chi connectivity index (χ1n) is 8.34. The predicted octanol–water partition coefficient (Wildman–Crippen LogP) is 2.72. The average Bonchev–Trinajstić information content (AvgIpc) is 2.92. The molecule has 0 amide bonds. The van der Waals surface area contributed by atoms with Crippen molar-refractivity contribution in [3.8, 4) is 0 Å². The summed E-state index contributed by atoms with van der Waals surface area (Å²) in [6, 6.07) is 0.442. The second-order valence-electron chi connectivity index (χ2n) is 6.70. The van der Waals surface area contributed by atoms with Gasteiger partial charge in [0.2, 0.25) is 0 Å². The molecule has 2 aliphatic rings. The van der Waals surface area contributed by atoms with Gasteiger partial charge in [-0.25, -0.2) is 0 Å². The van der Waals surface area contributed by atoms with E-state index >= 15 is 0 Å². The van der Waals surface area contributed by atoms with Crippen LogP contribution in [0.5, 0.6) is 0 Å².